The van der Waals surface area contributed by atoms with E-state index in [9.17, 15) is 9.59 Å². The number of hydrogen-bond donors (Lipinski definition) is 1. The Morgan fingerprint density at radius 2 is 1.72 bits per heavy atom. The first-order valence-electron chi connectivity index (χ1n) is 11.5. The van der Waals surface area contributed by atoms with Crippen LogP contribution in [-0.2, 0) is 13.7 Å². The molecule has 0 bridgehead atoms. The van der Waals surface area contributed by atoms with Crippen molar-refractivity contribution in [1.82, 2.24) is 18.1 Å². The predicted molar refractivity (Wildman–Crippen MR) is 141 cm³/mol. The molecule has 36 heavy (non-hydrogen) atoms. The van der Waals surface area contributed by atoms with Gasteiger partial charge in [-0.05, 0) is 60.0 Å². The van der Waals surface area contributed by atoms with Crippen molar-refractivity contribution >= 4 is 34.4 Å². The summed E-state index contributed by atoms with van der Waals surface area (Å²) in [7, 11) is 1.83. The zero-order valence-electron chi connectivity index (χ0n) is 20.1. The maximum atomic E-state index is 13.3. The van der Waals surface area contributed by atoms with Gasteiger partial charge in [-0.3, -0.25) is 14.3 Å². The second-order valence-electron chi connectivity index (χ2n) is 8.75. The topological polar surface area (TPSA) is 91.0 Å². The molecule has 0 atom stereocenters. The number of amides is 1. The third-order valence-corrected chi connectivity index (χ3v) is 6.49. The highest BCUT2D eigenvalue weighted by Gasteiger charge is 2.23. The van der Waals surface area contributed by atoms with Gasteiger partial charge in [0.15, 0.2) is 0 Å². The molecule has 182 valence electrons. The highest BCUT2D eigenvalue weighted by molar-refractivity contribution is 7.00. The fraction of sp³-hybridized carbons (Fsp3) is 0.185. The molecule has 0 saturated carbocycles. The van der Waals surface area contributed by atoms with Gasteiger partial charge in [0.2, 0.25) is 0 Å². The minimum Gasteiger partial charge on any atom is -0.489 e. The molecule has 5 aromatic rings. The van der Waals surface area contributed by atoms with Crippen molar-refractivity contribution in [1.29, 1.82) is 0 Å². The Hall–Kier alpha value is -4.24. The van der Waals surface area contributed by atoms with Gasteiger partial charge < -0.3 is 10.1 Å². The van der Waals surface area contributed by atoms with Crippen LogP contribution in [0.3, 0.4) is 0 Å². The first-order valence-corrected chi connectivity index (χ1v) is 12.3. The zero-order chi connectivity index (χ0) is 25.2. The number of ether oxygens (including phenoxy) is 1. The van der Waals surface area contributed by atoms with E-state index in [-0.39, 0.29) is 23.1 Å². The Morgan fingerprint density at radius 3 is 2.44 bits per heavy atom. The summed E-state index contributed by atoms with van der Waals surface area (Å²) in [6, 6.07) is 22.1. The summed E-state index contributed by atoms with van der Waals surface area (Å²) in [5.74, 6) is 0.308. The normalized spacial score (nSPS) is 11.2. The number of benzene rings is 3. The lowest BCUT2D eigenvalue weighted by atomic mass is 10.1. The summed E-state index contributed by atoms with van der Waals surface area (Å²) in [5, 5.41) is 2.85. The lowest BCUT2D eigenvalue weighted by Gasteiger charge is -2.13. The van der Waals surface area contributed by atoms with Gasteiger partial charge in [-0.1, -0.05) is 38.1 Å². The molecule has 9 heteroatoms. The van der Waals surface area contributed by atoms with Crippen molar-refractivity contribution in [2.24, 2.45) is 7.05 Å². The molecule has 0 fully saturated rings. The van der Waals surface area contributed by atoms with E-state index in [1.165, 1.54) is 11.7 Å². The fourth-order valence-electron chi connectivity index (χ4n) is 4.23. The van der Waals surface area contributed by atoms with Gasteiger partial charge in [-0.15, -0.1) is 0 Å². The number of rotatable bonds is 7. The number of aromatic nitrogens is 4. The molecule has 2 aromatic heterocycles. The number of carbonyl (C=O) groups excluding carboxylic acids is 1. The SMILES string of the molecule is CC(C)c1c(NC(=O)c2ccc(OCc3ccc4nsnc4c3)cc2)c(=O)n(-c2ccccc2)n1C. The summed E-state index contributed by atoms with van der Waals surface area (Å²) in [6.07, 6.45) is 0. The third kappa shape index (κ3) is 4.52. The van der Waals surface area contributed by atoms with Gasteiger partial charge in [0.25, 0.3) is 11.5 Å². The van der Waals surface area contributed by atoms with Crippen molar-refractivity contribution in [2.75, 3.05) is 5.32 Å². The van der Waals surface area contributed by atoms with Crippen molar-refractivity contribution in [3.05, 3.63) is 100.0 Å². The van der Waals surface area contributed by atoms with Crippen LogP contribution in [0.25, 0.3) is 16.7 Å². The largest absolute Gasteiger partial charge is 0.489 e. The first kappa shape index (κ1) is 23.5. The van der Waals surface area contributed by atoms with E-state index >= 15 is 0 Å². The van der Waals surface area contributed by atoms with E-state index in [2.05, 4.69) is 14.1 Å². The summed E-state index contributed by atoms with van der Waals surface area (Å²) < 4.78 is 17.7. The van der Waals surface area contributed by atoms with Crippen molar-refractivity contribution in [3.63, 3.8) is 0 Å². The maximum absolute atomic E-state index is 13.3. The van der Waals surface area contributed by atoms with Crippen LogP contribution >= 0.6 is 11.7 Å². The fourth-order valence-corrected chi connectivity index (χ4v) is 4.75. The molecule has 0 spiro atoms. The van der Waals surface area contributed by atoms with Crippen LogP contribution in [0.5, 0.6) is 5.75 Å². The number of fused-ring (bicyclic) bond motifs is 1. The van der Waals surface area contributed by atoms with Gasteiger partial charge in [-0.2, -0.15) is 8.75 Å². The Bertz CT molecular complexity index is 1580. The van der Waals surface area contributed by atoms with E-state index < -0.39 is 0 Å². The van der Waals surface area contributed by atoms with Crippen LogP contribution in [0.4, 0.5) is 5.69 Å². The van der Waals surface area contributed by atoms with Crippen molar-refractivity contribution in [3.8, 4) is 11.4 Å². The van der Waals surface area contributed by atoms with Gasteiger partial charge in [-0.25, -0.2) is 4.68 Å². The maximum Gasteiger partial charge on any atom is 0.295 e. The molecular weight excluding hydrogens is 474 g/mol. The molecule has 1 amide bonds. The smallest absolute Gasteiger partial charge is 0.295 e. The van der Waals surface area contributed by atoms with Crippen molar-refractivity contribution in [2.45, 2.75) is 26.4 Å². The first-order chi connectivity index (χ1) is 17.4. The number of para-hydroxylation sites is 1. The number of hydrogen-bond acceptors (Lipinski definition) is 6. The Kier molecular flexibility index (Phi) is 6.39. The van der Waals surface area contributed by atoms with Crippen LogP contribution in [0.1, 0.15) is 41.4 Å². The molecule has 8 nitrogen and oxygen atoms in total. The average molecular weight is 500 g/mol. The van der Waals surface area contributed by atoms with Crippen LogP contribution < -0.4 is 15.6 Å². The Morgan fingerprint density at radius 1 is 1.00 bits per heavy atom. The van der Waals surface area contributed by atoms with Crippen LogP contribution in [-0.4, -0.2) is 24.0 Å². The minimum atomic E-state index is -0.354. The lowest BCUT2D eigenvalue weighted by Crippen LogP contribution is -2.22. The second kappa shape index (κ2) is 9.79. The van der Waals surface area contributed by atoms with Crippen LogP contribution in [0, 0.1) is 0 Å². The Balaban J connectivity index is 1.33. The lowest BCUT2D eigenvalue weighted by molar-refractivity contribution is 0.102. The van der Waals surface area contributed by atoms with Gasteiger partial charge in [0.1, 0.15) is 29.1 Å². The van der Waals surface area contributed by atoms with Crippen LogP contribution in [0.15, 0.2) is 77.6 Å². The molecule has 0 aliphatic rings. The number of carbonyl (C=O) groups is 1. The molecule has 0 aliphatic heterocycles. The average Bonchev–Trinajstić information content (AvgIpc) is 3.45. The van der Waals surface area contributed by atoms with Gasteiger partial charge in [0.05, 0.1) is 23.1 Å². The molecule has 0 aliphatic carbocycles. The predicted octanol–water partition coefficient (Wildman–Crippen LogP) is 5.14. The number of anilines is 1. The third-order valence-electron chi connectivity index (χ3n) is 5.94. The Labute approximate surface area is 212 Å². The molecule has 0 saturated heterocycles. The summed E-state index contributed by atoms with van der Waals surface area (Å²) in [4.78, 5) is 26.4. The molecule has 5 rings (SSSR count). The van der Waals surface area contributed by atoms with E-state index in [1.807, 2.05) is 69.4 Å². The minimum absolute atomic E-state index is 0.0259. The zero-order valence-corrected chi connectivity index (χ0v) is 21.0. The molecule has 3 aromatic carbocycles. The van der Waals surface area contributed by atoms with E-state index in [1.54, 1.807) is 33.6 Å². The van der Waals surface area contributed by atoms with Crippen molar-refractivity contribution < 1.29 is 9.53 Å². The highest BCUT2D eigenvalue weighted by atomic mass is 32.1. The summed E-state index contributed by atoms with van der Waals surface area (Å²) in [5.41, 5.74) is 4.64. The number of nitrogens with zero attached hydrogens (tertiary/aromatic N) is 4. The molecule has 2 heterocycles. The van der Waals surface area contributed by atoms with Crippen LogP contribution in [0.2, 0.25) is 0 Å². The van der Waals surface area contributed by atoms with E-state index in [0.29, 0.717) is 17.9 Å². The van der Waals surface area contributed by atoms with Gasteiger partial charge in [0, 0.05) is 12.6 Å². The molecule has 1 N–H and O–H groups in total. The molecular formula is C27H25N5O3S. The number of nitrogens with one attached hydrogen (secondary N) is 1. The highest BCUT2D eigenvalue weighted by Crippen LogP contribution is 2.24. The molecule has 0 unspecified atom stereocenters. The quantitative estimate of drug-likeness (QED) is 0.335. The molecule has 0 radical (unpaired) electrons. The van der Waals surface area contributed by atoms with Gasteiger partial charge >= 0.3 is 0 Å². The van der Waals surface area contributed by atoms with E-state index in [0.717, 1.165) is 28.0 Å². The summed E-state index contributed by atoms with van der Waals surface area (Å²) in [6.45, 7) is 4.36. The monoisotopic (exact) mass is 499 g/mol. The summed E-state index contributed by atoms with van der Waals surface area (Å²) >= 11 is 1.18. The standard InChI is InChI=1S/C27H25N5O3S/c1-17(2)25-24(27(34)32(31(25)3)20-7-5-4-6-8-20)28-26(33)19-10-12-21(13-11-19)35-16-18-9-14-22-23(15-18)30-36-29-22/h4-15,17H,16H2,1-3H3,(H,28,33). The van der Waals surface area contributed by atoms with E-state index in [4.69, 9.17) is 4.74 Å². The second-order valence-corrected chi connectivity index (χ2v) is 9.27.